The van der Waals surface area contributed by atoms with E-state index in [4.69, 9.17) is 10.8 Å². The van der Waals surface area contributed by atoms with Crippen molar-refractivity contribution in [2.45, 2.75) is 25.7 Å². The Bertz CT molecular complexity index is 487. The highest BCUT2D eigenvalue weighted by Gasteiger charge is 2.31. The fraction of sp³-hybridized carbons (Fsp3) is 0.500. The number of pyridine rings is 1. The molecular formula is C14H19N3O3. The van der Waals surface area contributed by atoms with Crippen LogP contribution in [0.1, 0.15) is 25.0 Å². The Labute approximate surface area is 117 Å². The number of aromatic nitrogens is 1. The second-order valence-electron chi connectivity index (χ2n) is 5.13. The number of nitrogens with two attached hydrogens (primary N) is 1. The van der Waals surface area contributed by atoms with E-state index in [0.29, 0.717) is 17.9 Å². The maximum Gasteiger partial charge on any atom is 0.309 e. The summed E-state index contributed by atoms with van der Waals surface area (Å²) in [7, 11) is 0. The van der Waals surface area contributed by atoms with E-state index in [9.17, 15) is 9.59 Å². The van der Waals surface area contributed by atoms with Crippen LogP contribution in [0, 0.1) is 11.8 Å². The first kappa shape index (κ1) is 14.5. The Morgan fingerprint density at radius 1 is 1.40 bits per heavy atom. The summed E-state index contributed by atoms with van der Waals surface area (Å²) in [5.74, 6) is -0.718. The zero-order valence-electron chi connectivity index (χ0n) is 11.2. The summed E-state index contributed by atoms with van der Waals surface area (Å²) in [6.07, 6.45) is 4.28. The molecule has 2 unspecified atom stereocenters. The van der Waals surface area contributed by atoms with Crippen molar-refractivity contribution in [2.75, 3.05) is 11.9 Å². The highest BCUT2D eigenvalue weighted by molar-refractivity contribution is 5.92. The van der Waals surface area contributed by atoms with E-state index in [0.717, 1.165) is 19.3 Å². The van der Waals surface area contributed by atoms with Gasteiger partial charge in [-0.15, -0.1) is 0 Å². The van der Waals surface area contributed by atoms with E-state index in [1.807, 2.05) is 0 Å². The number of rotatable bonds is 5. The molecule has 0 radical (unpaired) electrons. The Morgan fingerprint density at radius 2 is 2.20 bits per heavy atom. The molecule has 1 aromatic heterocycles. The van der Waals surface area contributed by atoms with Gasteiger partial charge in [-0.05, 0) is 37.4 Å². The van der Waals surface area contributed by atoms with Gasteiger partial charge in [0.15, 0.2) is 0 Å². The second kappa shape index (κ2) is 6.47. The zero-order chi connectivity index (χ0) is 14.5. The van der Waals surface area contributed by atoms with Crippen molar-refractivity contribution in [1.82, 2.24) is 4.98 Å². The number of hydrogen-bond donors (Lipinski definition) is 3. The van der Waals surface area contributed by atoms with Crippen LogP contribution in [0.2, 0.25) is 0 Å². The molecule has 0 bridgehead atoms. The molecule has 1 aromatic rings. The van der Waals surface area contributed by atoms with Crippen LogP contribution in [0.5, 0.6) is 0 Å². The minimum atomic E-state index is -0.925. The first-order valence-electron chi connectivity index (χ1n) is 6.78. The molecule has 4 N–H and O–H groups in total. The van der Waals surface area contributed by atoms with Crippen molar-refractivity contribution in [3.63, 3.8) is 0 Å². The molecule has 0 aromatic carbocycles. The van der Waals surface area contributed by atoms with Gasteiger partial charge in [-0.25, -0.2) is 0 Å². The van der Waals surface area contributed by atoms with Crippen molar-refractivity contribution in [3.05, 3.63) is 24.0 Å². The number of amides is 1. The van der Waals surface area contributed by atoms with Crippen LogP contribution in [-0.2, 0) is 16.0 Å². The fourth-order valence-electron chi connectivity index (χ4n) is 2.66. The summed E-state index contributed by atoms with van der Waals surface area (Å²) in [5, 5.41) is 11.5. The van der Waals surface area contributed by atoms with Crippen LogP contribution in [-0.4, -0.2) is 28.5 Å². The van der Waals surface area contributed by atoms with Gasteiger partial charge < -0.3 is 16.2 Å². The van der Waals surface area contributed by atoms with Crippen LogP contribution in [0.3, 0.4) is 0 Å². The standard InChI is InChI=1S/C14H19N3O3/c15-7-9-2-1-3-12(9)14(20)17-11-5-4-10(16-8-11)6-13(18)19/h4-5,8-9,12H,1-3,6-7,15H2,(H,17,20)(H,18,19). The molecule has 6 nitrogen and oxygen atoms in total. The third kappa shape index (κ3) is 3.54. The van der Waals surface area contributed by atoms with Crippen LogP contribution in [0.4, 0.5) is 5.69 Å². The van der Waals surface area contributed by atoms with E-state index >= 15 is 0 Å². The van der Waals surface area contributed by atoms with Crippen LogP contribution in [0.15, 0.2) is 18.3 Å². The molecule has 2 atom stereocenters. The van der Waals surface area contributed by atoms with Crippen LogP contribution in [0.25, 0.3) is 0 Å². The third-order valence-corrected chi connectivity index (χ3v) is 3.72. The molecule has 20 heavy (non-hydrogen) atoms. The van der Waals surface area contributed by atoms with Gasteiger partial charge in [-0.1, -0.05) is 6.42 Å². The van der Waals surface area contributed by atoms with Gasteiger partial charge in [0.1, 0.15) is 0 Å². The minimum Gasteiger partial charge on any atom is -0.481 e. The monoisotopic (exact) mass is 277 g/mol. The number of nitrogens with one attached hydrogen (secondary N) is 1. The van der Waals surface area contributed by atoms with Crippen LogP contribution < -0.4 is 11.1 Å². The molecule has 108 valence electrons. The zero-order valence-corrected chi connectivity index (χ0v) is 11.2. The lowest BCUT2D eigenvalue weighted by Gasteiger charge is -2.17. The lowest BCUT2D eigenvalue weighted by Crippen LogP contribution is -2.29. The maximum absolute atomic E-state index is 12.2. The topological polar surface area (TPSA) is 105 Å². The molecule has 6 heteroatoms. The number of carbonyl (C=O) groups excluding carboxylic acids is 1. The lowest BCUT2D eigenvalue weighted by molar-refractivity contribution is -0.136. The third-order valence-electron chi connectivity index (χ3n) is 3.72. The average molecular weight is 277 g/mol. The van der Waals surface area contributed by atoms with Crippen molar-refractivity contribution in [1.29, 1.82) is 0 Å². The van der Waals surface area contributed by atoms with Gasteiger partial charge >= 0.3 is 5.97 Å². The Balaban J connectivity index is 1.95. The molecular weight excluding hydrogens is 258 g/mol. The molecule has 0 aliphatic heterocycles. The van der Waals surface area contributed by atoms with Gasteiger partial charge in [0.05, 0.1) is 24.0 Å². The Kier molecular flexibility index (Phi) is 4.68. The first-order valence-corrected chi connectivity index (χ1v) is 6.78. The SMILES string of the molecule is NCC1CCCC1C(=O)Nc1ccc(CC(=O)O)nc1. The van der Waals surface area contributed by atoms with Crippen molar-refractivity contribution in [3.8, 4) is 0 Å². The van der Waals surface area contributed by atoms with Gasteiger partial charge in [-0.2, -0.15) is 0 Å². The summed E-state index contributed by atoms with van der Waals surface area (Å²) in [6.45, 7) is 0.536. The van der Waals surface area contributed by atoms with E-state index in [2.05, 4.69) is 10.3 Å². The number of nitrogens with zero attached hydrogens (tertiary/aromatic N) is 1. The van der Waals surface area contributed by atoms with Crippen molar-refractivity contribution >= 4 is 17.6 Å². The van der Waals surface area contributed by atoms with E-state index in [-0.39, 0.29) is 24.2 Å². The normalized spacial score (nSPS) is 21.6. The fourth-order valence-corrected chi connectivity index (χ4v) is 2.66. The van der Waals surface area contributed by atoms with Crippen molar-refractivity contribution in [2.24, 2.45) is 17.6 Å². The Morgan fingerprint density at radius 3 is 2.80 bits per heavy atom. The summed E-state index contributed by atoms with van der Waals surface area (Å²) in [6, 6.07) is 3.29. The number of hydrogen-bond acceptors (Lipinski definition) is 4. The number of anilines is 1. The Hall–Kier alpha value is -1.95. The molecule has 1 aliphatic rings. The highest BCUT2D eigenvalue weighted by atomic mass is 16.4. The van der Waals surface area contributed by atoms with Gasteiger partial charge in [0, 0.05) is 5.92 Å². The van der Waals surface area contributed by atoms with Gasteiger partial charge in [-0.3, -0.25) is 14.6 Å². The summed E-state index contributed by atoms with van der Waals surface area (Å²) >= 11 is 0. The smallest absolute Gasteiger partial charge is 0.309 e. The molecule has 1 fully saturated rings. The first-order chi connectivity index (χ1) is 9.60. The summed E-state index contributed by atoms with van der Waals surface area (Å²) in [5.41, 5.74) is 6.73. The lowest BCUT2D eigenvalue weighted by atomic mass is 9.95. The molecule has 1 amide bonds. The van der Waals surface area contributed by atoms with Gasteiger partial charge in [0.25, 0.3) is 0 Å². The largest absolute Gasteiger partial charge is 0.481 e. The average Bonchev–Trinajstić information content (AvgIpc) is 2.89. The van der Waals surface area contributed by atoms with Crippen molar-refractivity contribution < 1.29 is 14.7 Å². The van der Waals surface area contributed by atoms with E-state index < -0.39 is 5.97 Å². The molecule has 1 saturated carbocycles. The quantitative estimate of drug-likeness (QED) is 0.745. The predicted octanol–water partition coefficient (Wildman–Crippen LogP) is 1.02. The number of carboxylic acids is 1. The molecule has 1 aliphatic carbocycles. The van der Waals surface area contributed by atoms with Crippen LogP contribution >= 0.6 is 0 Å². The van der Waals surface area contributed by atoms with E-state index in [1.54, 1.807) is 12.1 Å². The number of carboxylic acid groups (broad SMARTS) is 1. The number of carbonyl (C=O) groups is 2. The summed E-state index contributed by atoms with van der Waals surface area (Å²) in [4.78, 5) is 26.7. The number of aliphatic carboxylic acids is 1. The van der Waals surface area contributed by atoms with Gasteiger partial charge in [0.2, 0.25) is 5.91 Å². The minimum absolute atomic E-state index is 0.0225. The molecule has 0 saturated heterocycles. The van der Waals surface area contributed by atoms with E-state index in [1.165, 1.54) is 6.20 Å². The molecule has 0 spiro atoms. The summed E-state index contributed by atoms with van der Waals surface area (Å²) < 4.78 is 0. The predicted molar refractivity (Wildman–Crippen MR) is 74.1 cm³/mol. The molecule has 2 rings (SSSR count). The molecule has 1 heterocycles. The highest BCUT2D eigenvalue weighted by Crippen LogP contribution is 2.31. The second-order valence-corrected chi connectivity index (χ2v) is 5.13. The maximum atomic E-state index is 12.2.